The van der Waals surface area contributed by atoms with Gasteiger partial charge in [-0.3, -0.25) is 0 Å². The zero-order chi connectivity index (χ0) is 6.50. The number of rotatable bonds is 0. The first-order valence-corrected chi connectivity index (χ1v) is 2.98. The molecule has 0 saturated carbocycles. The Kier molecular flexibility index (Phi) is 51.1. The molecule has 0 aliphatic rings. The van der Waals surface area contributed by atoms with Crippen LogP contribution < -0.4 is 0 Å². The SMILES string of the molecule is O=P(O)(O)O.[Fe].[LiH].[LiH].[O]=[Mn]. The van der Waals surface area contributed by atoms with Crippen molar-refractivity contribution in [2.75, 3.05) is 0 Å². The third kappa shape index (κ3) is 185. The van der Waals surface area contributed by atoms with Gasteiger partial charge in [-0.15, -0.1) is 0 Å². The Labute approximate surface area is 101 Å². The van der Waals surface area contributed by atoms with Gasteiger partial charge < -0.3 is 14.7 Å². The third-order valence-electron chi connectivity index (χ3n) is 0. The van der Waals surface area contributed by atoms with E-state index in [0.717, 1.165) is 0 Å². The molecule has 10 heteroatoms. The van der Waals surface area contributed by atoms with E-state index in [0.29, 0.717) is 0 Å². The van der Waals surface area contributed by atoms with E-state index in [1.807, 2.05) is 0 Å². The summed E-state index contributed by atoms with van der Waals surface area (Å²) < 4.78 is 16.9. The van der Waals surface area contributed by atoms with Crippen LogP contribution in [0, 0.1) is 0 Å². The summed E-state index contributed by atoms with van der Waals surface area (Å²) in [7, 11) is -4.64. The molecule has 0 heterocycles. The Morgan fingerprint density at radius 3 is 1.00 bits per heavy atom. The first-order valence-electron chi connectivity index (χ1n) is 0.937. The summed E-state index contributed by atoms with van der Waals surface area (Å²) >= 11 is 1.69. The first kappa shape index (κ1) is 29.6. The first-order chi connectivity index (χ1) is 3.00. The second-order valence-electron chi connectivity index (χ2n) is 0.513. The topological polar surface area (TPSA) is 94.8 Å². The molecule has 0 rings (SSSR count). The molecule has 0 atom stereocenters. The average molecular weight is 241 g/mol. The minimum absolute atomic E-state index is 0. The molecule has 0 spiro atoms. The van der Waals surface area contributed by atoms with E-state index >= 15 is 0 Å². The molecule has 0 aromatic heterocycles. The number of phosphoric acid groups is 1. The molecule has 3 N–H and O–H groups in total. The molecule has 0 radical (unpaired) electrons. The molecule has 0 unspecified atom stereocenters. The molecular weight excluding hydrogens is 236 g/mol. The van der Waals surface area contributed by atoms with E-state index in [-0.39, 0.29) is 54.8 Å². The van der Waals surface area contributed by atoms with Crippen molar-refractivity contribution in [3.63, 3.8) is 0 Å². The van der Waals surface area contributed by atoms with Crippen LogP contribution in [0.25, 0.3) is 0 Å². The summed E-state index contributed by atoms with van der Waals surface area (Å²) in [6.45, 7) is 0. The van der Waals surface area contributed by atoms with E-state index in [2.05, 4.69) is 0 Å². The molecule has 0 aliphatic carbocycles. The van der Waals surface area contributed by atoms with Gasteiger partial charge in [0, 0.05) is 17.1 Å². The van der Waals surface area contributed by atoms with Gasteiger partial charge in [-0.1, -0.05) is 0 Å². The summed E-state index contributed by atoms with van der Waals surface area (Å²) in [5.74, 6) is 0. The van der Waals surface area contributed by atoms with Crippen LogP contribution >= 0.6 is 7.82 Å². The summed E-state index contributed by atoms with van der Waals surface area (Å²) in [4.78, 5) is 21.6. The van der Waals surface area contributed by atoms with Crippen LogP contribution in [0.1, 0.15) is 0 Å². The van der Waals surface area contributed by atoms with Crippen molar-refractivity contribution >= 4 is 45.5 Å². The van der Waals surface area contributed by atoms with Crippen LogP contribution in [0.3, 0.4) is 0 Å². The van der Waals surface area contributed by atoms with E-state index < -0.39 is 7.82 Å². The van der Waals surface area contributed by atoms with Gasteiger partial charge in [-0.25, -0.2) is 4.57 Å². The normalized spacial score (nSPS) is 6.30. The Balaban J connectivity index is -0.0000000154. The van der Waals surface area contributed by atoms with Crippen molar-refractivity contribution in [1.82, 2.24) is 0 Å². The van der Waals surface area contributed by atoms with Crippen molar-refractivity contribution in [1.29, 1.82) is 0 Å². The maximum atomic E-state index is 8.88. The van der Waals surface area contributed by atoms with Gasteiger partial charge in [0.1, 0.15) is 0 Å². The molecule has 0 aliphatic heterocycles. The van der Waals surface area contributed by atoms with Gasteiger partial charge in [0.2, 0.25) is 0 Å². The summed E-state index contributed by atoms with van der Waals surface area (Å²) in [5.41, 5.74) is 0. The van der Waals surface area contributed by atoms with Crippen molar-refractivity contribution in [2.45, 2.75) is 0 Å². The summed E-state index contributed by atoms with van der Waals surface area (Å²) in [6, 6.07) is 0. The van der Waals surface area contributed by atoms with Crippen molar-refractivity contribution < 1.29 is 56.1 Å². The van der Waals surface area contributed by atoms with E-state index in [1.54, 1.807) is 15.9 Å². The van der Waals surface area contributed by atoms with Gasteiger partial charge in [-0.05, 0) is 0 Å². The Morgan fingerprint density at radius 2 is 1.00 bits per heavy atom. The van der Waals surface area contributed by atoms with Gasteiger partial charge in [-0.2, -0.15) is 0 Å². The quantitative estimate of drug-likeness (QED) is 0.326. The van der Waals surface area contributed by atoms with Gasteiger partial charge in [0.25, 0.3) is 0 Å². The number of hydrogen-bond donors (Lipinski definition) is 3. The van der Waals surface area contributed by atoms with E-state index in [4.69, 9.17) is 23.1 Å². The maximum absolute atomic E-state index is 8.88. The molecule has 0 saturated heterocycles. The minimum atomic E-state index is -4.64. The predicted octanol–water partition coefficient (Wildman–Crippen LogP) is -2.35. The second-order valence-corrected chi connectivity index (χ2v) is 1.54. The molecule has 0 aromatic rings. The van der Waals surface area contributed by atoms with Crippen LogP contribution in [-0.4, -0.2) is 52.4 Å². The van der Waals surface area contributed by atoms with E-state index in [1.165, 1.54) is 0 Å². The predicted molar refractivity (Wildman–Crippen MR) is 29.2 cm³/mol. The molecule has 0 fully saturated rings. The van der Waals surface area contributed by atoms with Crippen LogP contribution in [0.15, 0.2) is 0 Å². The second kappa shape index (κ2) is 17.3. The van der Waals surface area contributed by atoms with Gasteiger partial charge in [0.15, 0.2) is 0 Å². The molecule has 0 amide bonds. The standard InChI is InChI=1S/Fe.2Li.Mn.H3O4P.O.2H/c;;;;1-5(2,3)4;;;/h;;;;(H3,1,2,3,4);;;. The van der Waals surface area contributed by atoms with Crippen molar-refractivity contribution in [3.05, 3.63) is 0 Å². The van der Waals surface area contributed by atoms with Crippen LogP contribution in [0.5, 0.6) is 0 Å². The molecule has 0 aromatic carbocycles. The molecule has 57 valence electrons. The Bertz CT molecular complexity index is 75.5. The fourth-order valence-electron chi connectivity index (χ4n) is 0. The Hall–Kier alpha value is 2.14. The average Bonchev–Trinajstić information content (AvgIpc) is 1.36. The molecular formula is H5FeLi2MnO5P. The molecule has 10 heavy (non-hydrogen) atoms. The van der Waals surface area contributed by atoms with Crippen LogP contribution in [0.2, 0.25) is 0 Å². The fourth-order valence-corrected chi connectivity index (χ4v) is 0. The Morgan fingerprint density at radius 1 is 1.00 bits per heavy atom. The summed E-state index contributed by atoms with van der Waals surface area (Å²) in [6.07, 6.45) is 0. The zero-order valence-electron chi connectivity index (χ0n) is 3.34. The van der Waals surface area contributed by atoms with Gasteiger partial charge in [0.05, 0.1) is 0 Å². The fraction of sp³-hybridized carbons (Fsp3) is 0. The molecule has 5 nitrogen and oxygen atoms in total. The zero-order valence-corrected chi connectivity index (χ0v) is 6.52. The van der Waals surface area contributed by atoms with E-state index in [9.17, 15) is 0 Å². The van der Waals surface area contributed by atoms with Crippen molar-refractivity contribution in [2.24, 2.45) is 0 Å². The van der Waals surface area contributed by atoms with Gasteiger partial charge >= 0.3 is 65.3 Å². The third-order valence-corrected chi connectivity index (χ3v) is 0. The number of hydrogen-bond acceptors (Lipinski definition) is 2. The summed E-state index contributed by atoms with van der Waals surface area (Å²) in [5, 5.41) is 0. The van der Waals surface area contributed by atoms with Crippen LogP contribution in [-0.2, 0) is 41.4 Å². The van der Waals surface area contributed by atoms with Crippen molar-refractivity contribution in [3.8, 4) is 0 Å². The van der Waals surface area contributed by atoms with Crippen LogP contribution in [0.4, 0.5) is 0 Å². The molecule has 0 bridgehead atoms. The monoisotopic (exact) mass is 241 g/mol.